The maximum atomic E-state index is 11.1. The van der Waals surface area contributed by atoms with Crippen LogP contribution in [0.25, 0.3) is 0 Å². The topological polar surface area (TPSA) is 79.3 Å². The molecule has 0 saturated heterocycles. The van der Waals surface area contributed by atoms with Crippen molar-refractivity contribution in [3.05, 3.63) is 30.1 Å². The van der Waals surface area contributed by atoms with Crippen LogP contribution >= 0.6 is 0 Å². The number of nitrogens with zero attached hydrogens (tertiary/aromatic N) is 1. The highest BCUT2D eigenvalue weighted by molar-refractivity contribution is 5.93. The Morgan fingerprint density at radius 3 is 2.60 bits per heavy atom. The van der Waals surface area contributed by atoms with Gasteiger partial charge in [-0.25, -0.2) is 0 Å². The van der Waals surface area contributed by atoms with Crippen LogP contribution in [0.4, 0.5) is 0 Å². The summed E-state index contributed by atoms with van der Waals surface area (Å²) in [5.74, 6) is -1.62. The molecule has 80 valence electrons. The van der Waals surface area contributed by atoms with Crippen molar-refractivity contribution in [2.45, 2.75) is 19.4 Å². The van der Waals surface area contributed by atoms with E-state index < -0.39 is 18.3 Å². The van der Waals surface area contributed by atoms with Crippen LogP contribution in [0.15, 0.2) is 24.5 Å². The number of aliphatic carboxylic acids is 1. The Labute approximate surface area is 87.1 Å². The number of aromatic nitrogens is 1. The Bertz CT molecular complexity index is 351. The van der Waals surface area contributed by atoms with Gasteiger partial charge in [-0.15, -0.1) is 0 Å². The van der Waals surface area contributed by atoms with Gasteiger partial charge in [0.25, 0.3) is 0 Å². The third-order valence-corrected chi connectivity index (χ3v) is 1.90. The first-order valence-corrected chi connectivity index (χ1v) is 4.50. The van der Waals surface area contributed by atoms with E-state index in [2.05, 4.69) is 10.3 Å². The van der Waals surface area contributed by atoms with Gasteiger partial charge in [0.1, 0.15) is 6.42 Å². The molecule has 1 atom stereocenters. The van der Waals surface area contributed by atoms with E-state index in [1.165, 1.54) is 0 Å². The number of rotatable bonds is 4. The Balaban J connectivity index is 2.53. The lowest BCUT2D eigenvalue weighted by Crippen LogP contribution is -2.28. The monoisotopic (exact) mass is 208 g/mol. The van der Waals surface area contributed by atoms with Crippen LogP contribution in [0.1, 0.15) is 24.9 Å². The van der Waals surface area contributed by atoms with Crippen molar-refractivity contribution in [3.8, 4) is 0 Å². The normalized spacial score (nSPS) is 11.8. The Morgan fingerprint density at radius 1 is 1.47 bits per heavy atom. The molecule has 0 aliphatic heterocycles. The molecule has 0 radical (unpaired) electrons. The number of carbonyl (C=O) groups excluding carboxylic acids is 1. The highest BCUT2D eigenvalue weighted by atomic mass is 16.4. The van der Waals surface area contributed by atoms with Crippen molar-refractivity contribution in [1.82, 2.24) is 10.3 Å². The summed E-state index contributed by atoms with van der Waals surface area (Å²) in [6.07, 6.45) is 2.74. The van der Waals surface area contributed by atoms with E-state index in [0.717, 1.165) is 5.56 Å². The molecule has 2 N–H and O–H groups in total. The average molecular weight is 208 g/mol. The molecule has 0 spiro atoms. The summed E-state index contributed by atoms with van der Waals surface area (Å²) in [6, 6.07) is 3.33. The third kappa shape index (κ3) is 3.76. The number of nitrogens with one attached hydrogen (secondary N) is 1. The second-order valence-electron chi connectivity index (χ2n) is 3.14. The van der Waals surface area contributed by atoms with Crippen molar-refractivity contribution in [2.24, 2.45) is 0 Å². The fraction of sp³-hybridized carbons (Fsp3) is 0.300. The molecule has 1 rings (SSSR count). The molecule has 1 aromatic heterocycles. The third-order valence-electron chi connectivity index (χ3n) is 1.90. The fourth-order valence-corrected chi connectivity index (χ4v) is 1.17. The van der Waals surface area contributed by atoms with Gasteiger partial charge in [0, 0.05) is 12.4 Å². The lowest BCUT2D eigenvalue weighted by Gasteiger charge is -2.12. The minimum atomic E-state index is -1.13. The molecule has 5 heteroatoms. The Hall–Kier alpha value is -1.91. The van der Waals surface area contributed by atoms with Crippen LogP contribution in [-0.2, 0) is 9.59 Å². The first-order chi connectivity index (χ1) is 7.09. The van der Waals surface area contributed by atoms with E-state index in [0.29, 0.717) is 0 Å². The van der Waals surface area contributed by atoms with Gasteiger partial charge in [0.15, 0.2) is 0 Å². The first-order valence-electron chi connectivity index (χ1n) is 4.50. The van der Waals surface area contributed by atoms with Gasteiger partial charge in [-0.05, 0) is 24.6 Å². The molecular weight excluding hydrogens is 196 g/mol. The van der Waals surface area contributed by atoms with Gasteiger partial charge < -0.3 is 10.4 Å². The molecule has 0 bridgehead atoms. The molecule has 0 fully saturated rings. The van der Waals surface area contributed by atoms with Crippen molar-refractivity contribution >= 4 is 11.9 Å². The van der Waals surface area contributed by atoms with Gasteiger partial charge in [0.05, 0.1) is 6.04 Å². The number of carboxylic acid groups (broad SMARTS) is 1. The number of hydrogen-bond donors (Lipinski definition) is 2. The van der Waals surface area contributed by atoms with Gasteiger partial charge in [-0.3, -0.25) is 14.6 Å². The number of carboxylic acids is 1. The molecule has 1 aromatic rings. The summed E-state index contributed by atoms with van der Waals surface area (Å²) >= 11 is 0. The summed E-state index contributed by atoms with van der Waals surface area (Å²) < 4.78 is 0. The van der Waals surface area contributed by atoms with Gasteiger partial charge in [-0.1, -0.05) is 0 Å². The summed E-state index contributed by atoms with van der Waals surface area (Å²) in [7, 11) is 0. The standard InChI is InChI=1S/C10H12N2O3/c1-7(8-2-4-11-5-3-8)12-9(13)6-10(14)15/h2-5,7H,6H2,1H3,(H,12,13)(H,14,15). The quantitative estimate of drug-likeness (QED) is 0.715. The summed E-state index contributed by atoms with van der Waals surface area (Å²) in [4.78, 5) is 25.2. The summed E-state index contributed by atoms with van der Waals surface area (Å²) in [5, 5.41) is 11.0. The van der Waals surface area contributed by atoms with E-state index in [4.69, 9.17) is 5.11 Å². The largest absolute Gasteiger partial charge is 0.481 e. The van der Waals surface area contributed by atoms with Crippen LogP contribution in [-0.4, -0.2) is 22.0 Å². The van der Waals surface area contributed by atoms with E-state index in [-0.39, 0.29) is 6.04 Å². The Kier molecular flexibility index (Phi) is 3.79. The fourth-order valence-electron chi connectivity index (χ4n) is 1.17. The van der Waals surface area contributed by atoms with Crippen LogP contribution in [0.3, 0.4) is 0 Å². The number of amides is 1. The minimum Gasteiger partial charge on any atom is -0.481 e. The number of hydrogen-bond acceptors (Lipinski definition) is 3. The zero-order chi connectivity index (χ0) is 11.3. The van der Waals surface area contributed by atoms with Gasteiger partial charge in [0.2, 0.25) is 5.91 Å². The molecule has 1 amide bonds. The molecule has 0 aliphatic rings. The highest BCUT2D eigenvalue weighted by Gasteiger charge is 2.11. The van der Waals surface area contributed by atoms with E-state index in [1.807, 2.05) is 0 Å². The van der Waals surface area contributed by atoms with E-state index >= 15 is 0 Å². The molecule has 5 nitrogen and oxygen atoms in total. The van der Waals surface area contributed by atoms with Crippen LogP contribution in [0.2, 0.25) is 0 Å². The molecule has 1 unspecified atom stereocenters. The minimum absolute atomic E-state index is 0.208. The molecule has 1 heterocycles. The van der Waals surface area contributed by atoms with Crippen LogP contribution in [0, 0.1) is 0 Å². The van der Waals surface area contributed by atoms with Crippen LogP contribution in [0.5, 0.6) is 0 Å². The molecule has 0 aliphatic carbocycles. The van der Waals surface area contributed by atoms with Crippen molar-refractivity contribution < 1.29 is 14.7 Å². The first kappa shape index (κ1) is 11.2. The molecular formula is C10H12N2O3. The van der Waals surface area contributed by atoms with E-state index in [1.54, 1.807) is 31.5 Å². The number of pyridine rings is 1. The highest BCUT2D eigenvalue weighted by Crippen LogP contribution is 2.09. The maximum Gasteiger partial charge on any atom is 0.312 e. The number of carbonyl (C=O) groups is 2. The SMILES string of the molecule is CC(NC(=O)CC(=O)O)c1ccncc1. The van der Waals surface area contributed by atoms with Crippen molar-refractivity contribution in [1.29, 1.82) is 0 Å². The molecule has 15 heavy (non-hydrogen) atoms. The Morgan fingerprint density at radius 2 is 2.07 bits per heavy atom. The second-order valence-corrected chi connectivity index (χ2v) is 3.14. The summed E-state index contributed by atoms with van der Waals surface area (Å²) in [5.41, 5.74) is 0.892. The molecule has 0 saturated carbocycles. The van der Waals surface area contributed by atoms with E-state index in [9.17, 15) is 9.59 Å². The zero-order valence-electron chi connectivity index (χ0n) is 8.30. The summed E-state index contributed by atoms with van der Waals surface area (Å²) in [6.45, 7) is 1.79. The maximum absolute atomic E-state index is 11.1. The predicted molar refractivity (Wildman–Crippen MR) is 53.0 cm³/mol. The zero-order valence-corrected chi connectivity index (χ0v) is 8.30. The lowest BCUT2D eigenvalue weighted by molar-refractivity contribution is -0.140. The second kappa shape index (κ2) is 5.09. The van der Waals surface area contributed by atoms with Gasteiger partial charge >= 0.3 is 5.97 Å². The smallest absolute Gasteiger partial charge is 0.312 e. The van der Waals surface area contributed by atoms with Crippen molar-refractivity contribution in [2.75, 3.05) is 0 Å². The predicted octanol–water partition coefficient (Wildman–Crippen LogP) is 0.733. The van der Waals surface area contributed by atoms with Gasteiger partial charge in [-0.2, -0.15) is 0 Å². The van der Waals surface area contributed by atoms with Crippen LogP contribution < -0.4 is 5.32 Å². The lowest BCUT2D eigenvalue weighted by atomic mass is 10.1. The van der Waals surface area contributed by atoms with Crippen molar-refractivity contribution in [3.63, 3.8) is 0 Å². The average Bonchev–Trinajstić information content (AvgIpc) is 2.17. The molecule has 0 aromatic carbocycles.